The van der Waals surface area contributed by atoms with Crippen LogP contribution in [-0.2, 0) is 6.42 Å². The normalized spacial score (nSPS) is 13.9. The number of fused-ring (bicyclic) bond motifs is 1. The van der Waals surface area contributed by atoms with E-state index in [4.69, 9.17) is 9.26 Å². The van der Waals surface area contributed by atoms with E-state index in [0.717, 1.165) is 47.8 Å². The van der Waals surface area contributed by atoms with Crippen LogP contribution in [0.5, 0.6) is 5.75 Å². The van der Waals surface area contributed by atoms with Crippen molar-refractivity contribution in [3.05, 3.63) is 30.0 Å². The van der Waals surface area contributed by atoms with Crippen LogP contribution >= 0.6 is 0 Å². The van der Waals surface area contributed by atoms with Crippen LogP contribution in [0.4, 0.5) is 5.69 Å². The molecule has 0 spiro atoms. The lowest BCUT2D eigenvalue weighted by Gasteiger charge is -2.13. The molecular weight excluding hydrogens is 216 g/mol. The number of aryl methyl sites for hydroxylation is 1. The summed E-state index contributed by atoms with van der Waals surface area (Å²) in [6, 6.07) is 7.84. The average molecular weight is 230 g/mol. The predicted molar refractivity (Wildman–Crippen MR) is 65.3 cm³/mol. The topological polar surface area (TPSA) is 47.3 Å². The molecule has 1 aromatic carbocycles. The van der Waals surface area contributed by atoms with Crippen LogP contribution in [-0.4, -0.2) is 18.8 Å². The van der Waals surface area contributed by atoms with Crippen LogP contribution in [0, 0.1) is 0 Å². The Kier molecular flexibility index (Phi) is 2.48. The second kappa shape index (κ2) is 4.13. The Hall–Kier alpha value is -1.97. The van der Waals surface area contributed by atoms with Gasteiger partial charge in [-0.3, -0.25) is 0 Å². The van der Waals surface area contributed by atoms with Gasteiger partial charge in [0.2, 0.25) is 0 Å². The summed E-state index contributed by atoms with van der Waals surface area (Å²) in [7, 11) is 1.67. The number of anilines is 1. The number of methoxy groups -OCH3 is 1. The maximum atomic E-state index is 5.37. The van der Waals surface area contributed by atoms with Gasteiger partial charge in [-0.05, 0) is 18.6 Å². The van der Waals surface area contributed by atoms with Crippen molar-refractivity contribution >= 4 is 5.69 Å². The molecule has 2 aromatic rings. The van der Waals surface area contributed by atoms with E-state index in [2.05, 4.69) is 10.5 Å². The van der Waals surface area contributed by atoms with E-state index in [1.54, 1.807) is 7.11 Å². The fourth-order valence-corrected chi connectivity index (χ4v) is 2.16. The molecule has 0 saturated heterocycles. The first-order valence-electron chi connectivity index (χ1n) is 5.76. The summed E-state index contributed by atoms with van der Waals surface area (Å²) in [5, 5.41) is 7.51. The third-order valence-electron chi connectivity index (χ3n) is 3.01. The summed E-state index contributed by atoms with van der Waals surface area (Å²) < 4.78 is 10.7. The molecule has 0 atom stereocenters. The lowest BCUT2D eigenvalue weighted by atomic mass is 10.1. The average Bonchev–Trinajstić information content (AvgIpc) is 2.82. The summed E-state index contributed by atoms with van der Waals surface area (Å²) in [6.45, 7) is 0.969. The number of rotatable bonds is 2. The molecule has 0 radical (unpaired) electrons. The zero-order chi connectivity index (χ0) is 11.7. The van der Waals surface area contributed by atoms with Gasteiger partial charge in [-0.2, -0.15) is 0 Å². The van der Waals surface area contributed by atoms with Crippen LogP contribution in [0.15, 0.2) is 28.8 Å². The molecule has 4 heteroatoms. The zero-order valence-electron chi connectivity index (χ0n) is 9.69. The minimum atomic E-state index is 0.816. The van der Waals surface area contributed by atoms with E-state index in [1.165, 1.54) is 0 Å². The van der Waals surface area contributed by atoms with Crippen LogP contribution in [0.25, 0.3) is 11.3 Å². The van der Waals surface area contributed by atoms with Crippen molar-refractivity contribution in [1.82, 2.24) is 5.16 Å². The van der Waals surface area contributed by atoms with Gasteiger partial charge in [-0.25, -0.2) is 0 Å². The van der Waals surface area contributed by atoms with Crippen molar-refractivity contribution < 1.29 is 9.26 Å². The van der Waals surface area contributed by atoms with Gasteiger partial charge in [-0.1, -0.05) is 17.3 Å². The van der Waals surface area contributed by atoms with E-state index in [9.17, 15) is 0 Å². The monoisotopic (exact) mass is 230 g/mol. The maximum absolute atomic E-state index is 5.37. The van der Waals surface area contributed by atoms with Gasteiger partial charge in [0.05, 0.1) is 7.11 Å². The second-order valence-corrected chi connectivity index (χ2v) is 4.06. The third kappa shape index (κ3) is 1.65. The van der Waals surface area contributed by atoms with Gasteiger partial charge in [-0.15, -0.1) is 0 Å². The van der Waals surface area contributed by atoms with Gasteiger partial charge in [0.25, 0.3) is 0 Å². The molecule has 1 N–H and O–H groups in total. The Morgan fingerprint density at radius 3 is 3.12 bits per heavy atom. The molecule has 0 saturated carbocycles. The quantitative estimate of drug-likeness (QED) is 0.861. The van der Waals surface area contributed by atoms with E-state index >= 15 is 0 Å². The number of aromatic nitrogens is 1. The number of para-hydroxylation sites is 1. The summed E-state index contributed by atoms with van der Waals surface area (Å²) in [5.74, 6) is 1.76. The Balaban J connectivity index is 2.12. The second-order valence-electron chi connectivity index (χ2n) is 4.06. The largest absolute Gasteiger partial charge is 0.496 e. The number of ether oxygens (including phenoxy) is 1. The highest BCUT2D eigenvalue weighted by Gasteiger charge is 2.21. The highest BCUT2D eigenvalue weighted by atomic mass is 16.5. The first kappa shape index (κ1) is 10.2. The number of benzene rings is 1. The van der Waals surface area contributed by atoms with Gasteiger partial charge in [0.15, 0.2) is 5.76 Å². The molecule has 2 heterocycles. The molecule has 17 heavy (non-hydrogen) atoms. The fourth-order valence-electron chi connectivity index (χ4n) is 2.16. The molecule has 0 amide bonds. The SMILES string of the molecule is COc1ccccc1-c1noc2c1NCCC2. The zero-order valence-corrected chi connectivity index (χ0v) is 9.69. The molecule has 0 unspecified atom stereocenters. The van der Waals surface area contributed by atoms with Gasteiger partial charge >= 0.3 is 0 Å². The smallest absolute Gasteiger partial charge is 0.160 e. The van der Waals surface area contributed by atoms with Crippen LogP contribution in [0.2, 0.25) is 0 Å². The molecule has 3 rings (SSSR count). The highest BCUT2D eigenvalue weighted by molar-refractivity contribution is 5.79. The Bertz CT molecular complexity index is 534. The van der Waals surface area contributed by atoms with Crippen LogP contribution in [0.1, 0.15) is 12.2 Å². The van der Waals surface area contributed by atoms with Crippen molar-refractivity contribution in [3.8, 4) is 17.0 Å². The molecule has 4 nitrogen and oxygen atoms in total. The molecule has 1 aromatic heterocycles. The molecule has 0 aliphatic carbocycles. The fraction of sp³-hybridized carbons (Fsp3) is 0.308. The Labute approximate surface area is 99.6 Å². The van der Waals surface area contributed by atoms with E-state index in [1.807, 2.05) is 24.3 Å². The van der Waals surface area contributed by atoms with Crippen LogP contribution in [0.3, 0.4) is 0 Å². The van der Waals surface area contributed by atoms with Crippen molar-refractivity contribution in [2.24, 2.45) is 0 Å². The Morgan fingerprint density at radius 2 is 2.24 bits per heavy atom. The highest BCUT2D eigenvalue weighted by Crippen LogP contribution is 2.37. The minimum absolute atomic E-state index is 0.816. The van der Waals surface area contributed by atoms with Crippen molar-refractivity contribution in [3.63, 3.8) is 0 Å². The lowest BCUT2D eigenvalue weighted by Crippen LogP contribution is -2.10. The number of hydrogen-bond acceptors (Lipinski definition) is 4. The van der Waals surface area contributed by atoms with Gasteiger partial charge in [0, 0.05) is 18.5 Å². The number of nitrogens with one attached hydrogen (secondary N) is 1. The molecule has 0 fully saturated rings. The first-order valence-corrected chi connectivity index (χ1v) is 5.76. The van der Waals surface area contributed by atoms with Crippen molar-refractivity contribution in [2.75, 3.05) is 19.0 Å². The van der Waals surface area contributed by atoms with Crippen LogP contribution < -0.4 is 10.1 Å². The molecule has 1 aliphatic heterocycles. The number of hydrogen-bond donors (Lipinski definition) is 1. The number of nitrogens with zero attached hydrogens (tertiary/aromatic N) is 1. The predicted octanol–water partition coefficient (Wildman–Crippen LogP) is 2.71. The summed E-state index contributed by atoms with van der Waals surface area (Å²) in [6.07, 6.45) is 2.04. The molecule has 1 aliphatic rings. The van der Waals surface area contributed by atoms with Crippen molar-refractivity contribution in [1.29, 1.82) is 0 Å². The minimum Gasteiger partial charge on any atom is -0.496 e. The van der Waals surface area contributed by atoms with Crippen molar-refractivity contribution in [2.45, 2.75) is 12.8 Å². The molecule has 88 valence electrons. The summed E-state index contributed by atoms with van der Waals surface area (Å²) >= 11 is 0. The van der Waals surface area contributed by atoms with Gasteiger partial charge < -0.3 is 14.6 Å². The van der Waals surface area contributed by atoms with E-state index < -0.39 is 0 Å². The van der Waals surface area contributed by atoms with E-state index in [-0.39, 0.29) is 0 Å². The Morgan fingerprint density at radius 1 is 1.35 bits per heavy atom. The molecule has 0 bridgehead atoms. The summed E-state index contributed by atoms with van der Waals surface area (Å²) in [5.41, 5.74) is 2.83. The van der Waals surface area contributed by atoms with Gasteiger partial charge in [0.1, 0.15) is 17.1 Å². The summed E-state index contributed by atoms with van der Waals surface area (Å²) in [4.78, 5) is 0. The lowest BCUT2D eigenvalue weighted by molar-refractivity contribution is 0.381. The standard InChI is InChI=1S/C13H14N2O2/c1-16-10-6-3-2-5-9(10)12-13-11(17-15-12)7-4-8-14-13/h2-3,5-6,14H,4,7-8H2,1H3. The maximum Gasteiger partial charge on any atom is 0.160 e. The third-order valence-corrected chi connectivity index (χ3v) is 3.01. The van der Waals surface area contributed by atoms with E-state index in [0.29, 0.717) is 0 Å². The molecular formula is C13H14N2O2. The first-order chi connectivity index (χ1) is 8.40.